The van der Waals surface area contributed by atoms with Crippen molar-refractivity contribution >= 4 is 5.97 Å². The molecule has 0 aliphatic rings. The summed E-state index contributed by atoms with van der Waals surface area (Å²) in [5.74, 6) is 0.961. The number of ether oxygens (including phenoxy) is 2. The zero-order chi connectivity index (χ0) is 30.0. The highest BCUT2D eigenvalue weighted by Gasteiger charge is 2.26. The Hall–Kier alpha value is -3.58. The van der Waals surface area contributed by atoms with Crippen molar-refractivity contribution in [1.29, 1.82) is 5.26 Å². The largest absolute Gasteiger partial charge is 0.494 e. The van der Waals surface area contributed by atoms with Gasteiger partial charge in [0.25, 0.3) is 0 Å². The van der Waals surface area contributed by atoms with Crippen LogP contribution in [-0.2, 0) is 5.41 Å². The van der Waals surface area contributed by atoms with Crippen molar-refractivity contribution in [3.05, 3.63) is 83.9 Å². The van der Waals surface area contributed by atoms with E-state index in [0.717, 1.165) is 54.7 Å². The van der Waals surface area contributed by atoms with E-state index in [1.165, 1.54) is 57.8 Å². The highest BCUT2D eigenvalue weighted by atomic mass is 16.5. The molecule has 4 nitrogen and oxygen atoms in total. The van der Waals surface area contributed by atoms with Crippen molar-refractivity contribution in [1.82, 2.24) is 0 Å². The van der Waals surface area contributed by atoms with Gasteiger partial charge in [-0.25, -0.2) is 4.79 Å². The maximum absolute atomic E-state index is 12.8. The lowest BCUT2D eigenvalue weighted by molar-refractivity contribution is 0.0734. The first kappa shape index (κ1) is 32.9. The number of hydrogen-bond donors (Lipinski definition) is 0. The Balaban J connectivity index is 1.48. The minimum absolute atomic E-state index is 0.400. The molecule has 1 atom stereocenters. The molecule has 0 saturated heterocycles. The van der Waals surface area contributed by atoms with Gasteiger partial charge >= 0.3 is 5.97 Å². The third-order valence-corrected chi connectivity index (χ3v) is 8.05. The van der Waals surface area contributed by atoms with Crippen LogP contribution in [0.15, 0.2) is 72.8 Å². The highest BCUT2D eigenvalue weighted by molar-refractivity contribution is 5.91. The summed E-state index contributed by atoms with van der Waals surface area (Å²) in [6.45, 7) is 7.21. The average Bonchev–Trinajstić information content (AvgIpc) is 3.03. The summed E-state index contributed by atoms with van der Waals surface area (Å²) >= 11 is 0. The molecular weight excluding hydrogens is 518 g/mol. The molecule has 42 heavy (non-hydrogen) atoms. The Kier molecular flexibility index (Phi) is 14.2. The second-order valence-electron chi connectivity index (χ2n) is 11.6. The van der Waals surface area contributed by atoms with Gasteiger partial charge in [-0.3, -0.25) is 0 Å². The second kappa shape index (κ2) is 18.1. The Labute approximate surface area is 254 Å². The molecule has 0 N–H and O–H groups in total. The molecule has 0 heterocycles. The van der Waals surface area contributed by atoms with Gasteiger partial charge in [-0.05, 0) is 72.9 Å². The van der Waals surface area contributed by atoms with Crippen molar-refractivity contribution < 1.29 is 14.3 Å². The molecule has 4 heteroatoms. The van der Waals surface area contributed by atoms with Crippen molar-refractivity contribution in [3.63, 3.8) is 0 Å². The second-order valence-corrected chi connectivity index (χ2v) is 11.6. The van der Waals surface area contributed by atoms with Crippen molar-refractivity contribution in [2.24, 2.45) is 0 Å². The SMILES string of the molecule is CCCCCCCCOc1ccc(-c2ccc(C(=O)Oc3ccc(C(C)(C#N)CCCCCCCC)cc3)cc2)cc1. The van der Waals surface area contributed by atoms with Gasteiger partial charge in [0.15, 0.2) is 0 Å². The number of nitriles is 1. The molecule has 3 aromatic carbocycles. The van der Waals surface area contributed by atoms with Crippen LogP contribution in [0.3, 0.4) is 0 Å². The monoisotopic (exact) mass is 567 g/mol. The summed E-state index contributed by atoms with van der Waals surface area (Å²) in [5.41, 5.74) is 3.01. The topological polar surface area (TPSA) is 59.3 Å². The Morgan fingerprint density at radius 1 is 0.667 bits per heavy atom. The molecule has 0 aromatic heterocycles. The summed E-state index contributed by atoms with van der Waals surface area (Å²) in [7, 11) is 0. The maximum Gasteiger partial charge on any atom is 0.343 e. The van der Waals surface area contributed by atoms with Crippen LogP contribution in [-0.4, -0.2) is 12.6 Å². The van der Waals surface area contributed by atoms with Gasteiger partial charge in [0.1, 0.15) is 11.5 Å². The van der Waals surface area contributed by atoms with E-state index in [2.05, 4.69) is 19.9 Å². The van der Waals surface area contributed by atoms with Crippen LogP contribution in [0, 0.1) is 11.3 Å². The number of esters is 1. The molecule has 0 fully saturated rings. The maximum atomic E-state index is 12.8. The lowest BCUT2D eigenvalue weighted by Gasteiger charge is -2.22. The van der Waals surface area contributed by atoms with Crippen molar-refractivity contribution in [2.75, 3.05) is 6.61 Å². The number of hydrogen-bond acceptors (Lipinski definition) is 4. The van der Waals surface area contributed by atoms with Gasteiger partial charge in [-0.15, -0.1) is 0 Å². The van der Waals surface area contributed by atoms with Gasteiger partial charge < -0.3 is 9.47 Å². The van der Waals surface area contributed by atoms with Crippen LogP contribution in [0.4, 0.5) is 0 Å². The fraction of sp³-hybridized carbons (Fsp3) is 0.474. The Bertz CT molecular complexity index is 1230. The minimum Gasteiger partial charge on any atom is -0.494 e. The Morgan fingerprint density at radius 2 is 1.17 bits per heavy atom. The number of nitrogens with zero attached hydrogens (tertiary/aromatic N) is 1. The van der Waals surface area contributed by atoms with Gasteiger partial charge in [-0.2, -0.15) is 5.26 Å². The molecule has 0 amide bonds. The molecule has 0 bridgehead atoms. The molecule has 224 valence electrons. The Morgan fingerprint density at radius 3 is 1.74 bits per heavy atom. The fourth-order valence-corrected chi connectivity index (χ4v) is 5.20. The predicted molar refractivity (Wildman–Crippen MR) is 173 cm³/mol. The van der Waals surface area contributed by atoms with Gasteiger partial charge in [0.2, 0.25) is 0 Å². The number of carbonyl (C=O) groups is 1. The normalized spacial score (nSPS) is 12.3. The first-order valence-electron chi connectivity index (χ1n) is 16.1. The zero-order valence-electron chi connectivity index (χ0n) is 26.0. The van der Waals surface area contributed by atoms with Crippen LogP contribution in [0.2, 0.25) is 0 Å². The molecule has 0 spiro atoms. The summed E-state index contributed by atoms with van der Waals surface area (Å²) in [5, 5.41) is 9.89. The molecule has 1 unspecified atom stereocenters. The van der Waals surface area contributed by atoms with E-state index < -0.39 is 11.4 Å². The predicted octanol–water partition coefficient (Wildman–Crippen LogP) is 10.8. The van der Waals surface area contributed by atoms with Gasteiger partial charge in [0.05, 0.1) is 23.7 Å². The van der Waals surface area contributed by atoms with Crippen molar-refractivity contribution in [2.45, 2.75) is 110 Å². The molecule has 3 aromatic rings. The standard InChI is InChI=1S/C38H49NO3/c1-4-6-8-10-12-14-28-38(3,30-39)34-22-26-36(27-23-34)42-37(40)33-18-16-31(17-19-33)32-20-24-35(25-21-32)41-29-15-13-11-9-7-5-2/h16-27H,4-15,28-29H2,1-3H3. The number of carbonyl (C=O) groups excluding carboxylic acids is 1. The molecule has 0 aliphatic heterocycles. The highest BCUT2D eigenvalue weighted by Crippen LogP contribution is 2.31. The van der Waals surface area contributed by atoms with E-state index in [0.29, 0.717) is 11.3 Å². The molecule has 0 saturated carbocycles. The molecular formula is C38H49NO3. The van der Waals surface area contributed by atoms with Crippen LogP contribution in [0.1, 0.15) is 120 Å². The third kappa shape index (κ3) is 10.7. The lowest BCUT2D eigenvalue weighted by Crippen LogP contribution is -2.19. The summed E-state index contributed by atoms with van der Waals surface area (Å²) in [6, 6.07) is 25.5. The zero-order valence-corrected chi connectivity index (χ0v) is 26.0. The molecule has 0 radical (unpaired) electrons. The van der Waals surface area contributed by atoms with Gasteiger partial charge in [0, 0.05) is 0 Å². The first-order chi connectivity index (χ1) is 20.5. The van der Waals surface area contributed by atoms with Crippen LogP contribution >= 0.6 is 0 Å². The van der Waals surface area contributed by atoms with E-state index in [9.17, 15) is 10.1 Å². The summed E-state index contributed by atoms with van der Waals surface area (Å²) in [4.78, 5) is 12.8. The third-order valence-electron chi connectivity index (χ3n) is 8.05. The van der Waals surface area contributed by atoms with Crippen molar-refractivity contribution in [3.8, 4) is 28.7 Å². The van der Waals surface area contributed by atoms with E-state index in [1.807, 2.05) is 55.5 Å². The smallest absolute Gasteiger partial charge is 0.343 e. The van der Waals surface area contributed by atoms with E-state index in [1.54, 1.807) is 24.3 Å². The number of benzene rings is 3. The lowest BCUT2D eigenvalue weighted by atomic mass is 9.79. The minimum atomic E-state index is -0.540. The van der Waals surface area contributed by atoms with E-state index in [4.69, 9.17) is 9.47 Å². The molecule has 3 rings (SSSR count). The van der Waals surface area contributed by atoms with Crippen LogP contribution < -0.4 is 9.47 Å². The van der Waals surface area contributed by atoms with Crippen LogP contribution in [0.5, 0.6) is 11.5 Å². The van der Waals surface area contributed by atoms with E-state index >= 15 is 0 Å². The molecule has 0 aliphatic carbocycles. The van der Waals surface area contributed by atoms with Crippen LogP contribution in [0.25, 0.3) is 11.1 Å². The van der Waals surface area contributed by atoms with E-state index in [-0.39, 0.29) is 0 Å². The fourth-order valence-electron chi connectivity index (χ4n) is 5.20. The summed E-state index contributed by atoms with van der Waals surface area (Å²) in [6.07, 6.45) is 15.5. The number of rotatable bonds is 19. The number of unbranched alkanes of at least 4 members (excludes halogenated alkanes) is 10. The quantitative estimate of drug-likeness (QED) is 0.0821. The first-order valence-corrected chi connectivity index (χ1v) is 16.1. The average molecular weight is 568 g/mol. The van der Waals surface area contributed by atoms with Gasteiger partial charge in [-0.1, -0.05) is 121 Å². The summed E-state index contributed by atoms with van der Waals surface area (Å²) < 4.78 is 11.5.